The minimum absolute atomic E-state index is 0.264. The molecule has 28 heavy (non-hydrogen) atoms. The second-order valence-electron chi connectivity index (χ2n) is 8.47. The number of carbonyl (C=O) groups excluding carboxylic acids is 1. The van der Waals surface area contributed by atoms with Gasteiger partial charge < -0.3 is 9.80 Å². The summed E-state index contributed by atoms with van der Waals surface area (Å²) in [6.45, 7) is 7.17. The number of aromatic nitrogens is 2. The molecule has 2 aromatic rings. The Morgan fingerprint density at radius 3 is 2.64 bits per heavy atom. The van der Waals surface area contributed by atoms with E-state index in [1.54, 1.807) is 0 Å². The molecule has 5 heteroatoms. The third kappa shape index (κ3) is 2.81. The van der Waals surface area contributed by atoms with Crippen molar-refractivity contribution >= 4 is 17.4 Å². The summed E-state index contributed by atoms with van der Waals surface area (Å²) in [7, 11) is 0. The van der Waals surface area contributed by atoms with Crippen molar-refractivity contribution in [2.24, 2.45) is 5.41 Å². The fraction of sp³-hybridized carbons (Fsp3) is 0.435. The molecule has 1 spiro atoms. The van der Waals surface area contributed by atoms with Crippen LogP contribution in [0.5, 0.6) is 0 Å². The highest BCUT2D eigenvalue weighted by atomic mass is 16.2. The topological polar surface area (TPSA) is 49.3 Å². The maximum Gasteiger partial charge on any atom is 0.231 e. The minimum atomic E-state index is -0.264. The predicted molar refractivity (Wildman–Crippen MR) is 110 cm³/mol. The van der Waals surface area contributed by atoms with Gasteiger partial charge in [0.2, 0.25) is 11.9 Å². The Morgan fingerprint density at radius 2 is 1.82 bits per heavy atom. The lowest BCUT2D eigenvalue weighted by molar-refractivity contribution is -0.134. The Bertz CT molecular complexity index is 962. The lowest BCUT2D eigenvalue weighted by atomic mass is 9.85. The molecule has 1 unspecified atom stereocenters. The molecule has 1 aromatic carbocycles. The zero-order valence-electron chi connectivity index (χ0n) is 16.6. The minimum Gasteiger partial charge on any atom is -0.340 e. The molecule has 2 fully saturated rings. The lowest BCUT2D eigenvalue weighted by Gasteiger charge is -2.24. The third-order valence-corrected chi connectivity index (χ3v) is 6.50. The van der Waals surface area contributed by atoms with E-state index >= 15 is 0 Å². The van der Waals surface area contributed by atoms with Gasteiger partial charge in [-0.15, -0.1) is 0 Å². The fourth-order valence-electron chi connectivity index (χ4n) is 5.02. The molecule has 0 N–H and O–H groups in total. The third-order valence-electron chi connectivity index (χ3n) is 6.50. The van der Waals surface area contributed by atoms with Crippen LogP contribution in [0.25, 0.3) is 5.57 Å². The molecule has 2 saturated heterocycles. The van der Waals surface area contributed by atoms with Gasteiger partial charge >= 0.3 is 0 Å². The van der Waals surface area contributed by atoms with Gasteiger partial charge in [0.1, 0.15) is 0 Å². The molecule has 0 saturated carbocycles. The fourth-order valence-corrected chi connectivity index (χ4v) is 5.02. The molecule has 3 aliphatic rings. The van der Waals surface area contributed by atoms with Crippen LogP contribution < -0.4 is 4.90 Å². The van der Waals surface area contributed by atoms with E-state index in [0.29, 0.717) is 5.91 Å². The quantitative estimate of drug-likeness (QED) is 0.828. The molecule has 2 aliphatic heterocycles. The number of fused-ring (bicyclic) bond motifs is 1. The van der Waals surface area contributed by atoms with Crippen molar-refractivity contribution in [2.45, 2.75) is 33.1 Å². The SMILES string of the molecule is Cc1cc(C)nc(N2CCC3(CCN(CC4=CCc5ccccc54)C3=O)C2)n1. The van der Waals surface area contributed by atoms with Crippen LogP contribution in [0.3, 0.4) is 0 Å². The average Bonchev–Trinajstić information content (AvgIpc) is 3.36. The molecule has 0 radical (unpaired) electrons. The molecule has 1 aliphatic carbocycles. The first-order valence-electron chi connectivity index (χ1n) is 10.2. The van der Waals surface area contributed by atoms with Gasteiger partial charge in [0, 0.05) is 37.6 Å². The Hall–Kier alpha value is -2.69. The van der Waals surface area contributed by atoms with Crippen LogP contribution >= 0.6 is 0 Å². The number of aryl methyl sites for hydroxylation is 2. The Kier molecular flexibility index (Phi) is 4.00. The first-order chi connectivity index (χ1) is 13.5. The lowest BCUT2D eigenvalue weighted by Crippen LogP contribution is -2.37. The molecule has 0 bridgehead atoms. The highest BCUT2D eigenvalue weighted by Gasteiger charge is 2.51. The number of benzene rings is 1. The van der Waals surface area contributed by atoms with Crippen molar-refractivity contribution in [3.63, 3.8) is 0 Å². The molecule has 1 atom stereocenters. The summed E-state index contributed by atoms with van der Waals surface area (Å²) >= 11 is 0. The second kappa shape index (κ2) is 6.43. The Balaban J connectivity index is 1.31. The van der Waals surface area contributed by atoms with E-state index in [0.717, 1.165) is 62.8 Å². The molecular weight excluding hydrogens is 348 g/mol. The monoisotopic (exact) mass is 374 g/mol. The van der Waals surface area contributed by atoms with E-state index in [1.165, 1.54) is 16.7 Å². The maximum absolute atomic E-state index is 13.4. The van der Waals surface area contributed by atoms with Gasteiger partial charge in [0.05, 0.1) is 5.41 Å². The summed E-state index contributed by atoms with van der Waals surface area (Å²) in [6.07, 6.45) is 5.10. The van der Waals surface area contributed by atoms with Crippen LogP contribution in [-0.2, 0) is 11.2 Å². The highest BCUT2D eigenvalue weighted by Crippen LogP contribution is 2.42. The van der Waals surface area contributed by atoms with E-state index in [2.05, 4.69) is 50.1 Å². The van der Waals surface area contributed by atoms with Crippen molar-refractivity contribution in [2.75, 3.05) is 31.1 Å². The summed E-state index contributed by atoms with van der Waals surface area (Å²) in [5, 5.41) is 0. The first kappa shape index (κ1) is 17.4. The number of allylic oxidation sites excluding steroid dienone is 1. The molecule has 3 heterocycles. The van der Waals surface area contributed by atoms with Gasteiger partial charge in [-0.2, -0.15) is 0 Å². The summed E-state index contributed by atoms with van der Waals surface area (Å²) in [4.78, 5) is 26.8. The zero-order valence-corrected chi connectivity index (χ0v) is 16.6. The van der Waals surface area contributed by atoms with Crippen molar-refractivity contribution in [1.82, 2.24) is 14.9 Å². The van der Waals surface area contributed by atoms with E-state index < -0.39 is 0 Å². The van der Waals surface area contributed by atoms with Gasteiger partial charge in [-0.05, 0) is 55.9 Å². The molecule has 5 nitrogen and oxygen atoms in total. The van der Waals surface area contributed by atoms with Crippen molar-refractivity contribution < 1.29 is 4.79 Å². The first-order valence-corrected chi connectivity index (χ1v) is 10.2. The van der Waals surface area contributed by atoms with E-state index in [9.17, 15) is 4.79 Å². The van der Waals surface area contributed by atoms with E-state index in [1.807, 2.05) is 19.9 Å². The number of nitrogens with zero attached hydrogens (tertiary/aromatic N) is 4. The number of carbonyl (C=O) groups is 1. The number of anilines is 1. The molecule has 1 amide bonds. The smallest absolute Gasteiger partial charge is 0.231 e. The van der Waals surface area contributed by atoms with Crippen LogP contribution in [0.2, 0.25) is 0 Å². The van der Waals surface area contributed by atoms with Crippen molar-refractivity contribution in [3.05, 3.63) is 58.9 Å². The van der Waals surface area contributed by atoms with Crippen LogP contribution in [-0.4, -0.2) is 47.0 Å². The number of amides is 1. The zero-order chi connectivity index (χ0) is 19.3. The van der Waals surface area contributed by atoms with E-state index in [4.69, 9.17) is 0 Å². The maximum atomic E-state index is 13.4. The van der Waals surface area contributed by atoms with Gasteiger partial charge in [0.25, 0.3) is 0 Å². The van der Waals surface area contributed by atoms with E-state index in [-0.39, 0.29) is 5.41 Å². The van der Waals surface area contributed by atoms with Gasteiger partial charge in [-0.3, -0.25) is 4.79 Å². The van der Waals surface area contributed by atoms with Crippen LogP contribution in [0, 0.1) is 19.3 Å². The number of hydrogen-bond acceptors (Lipinski definition) is 4. The van der Waals surface area contributed by atoms with Gasteiger partial charge in [-0.1, -0.05) is 30.3 Å². The van der Waals surface area contributed by atoms with Crippen LogP contribution in [0.4, 0.5) is 5.95 Å². The standard InChI is InChI=1S/C23H26N4O/c1-16-13-17(2)25-22(24-16)27-12-10-23(15-27)9-11-26(21(23)28)14-19-8-7-18-5-3-4-6-20(18)19/h3-6,8,13H,7,9-12,14-15H2,1-2H3. The highest BCUT2D eigenvalue weighted by molar-refractivity contribution is 5.88. The normalized spacial score (nSPS) is 23.6. The van der Waals surface area contributed by atoms with Crippen LogP contribution in [0.15, 0.2) is 36.4 Å². The number of hydrogen-bond donors (Lipinski definition) is 0. The largest absolute Gasteiger partial charge is 0.340 e. The molecule has 144 valence electrons. The summed E-state index contributed by atoms with van der Waals surface area (Å²) in [6, 6.07) is 10.5. The molecule has 5 rings (SSSR count). The molecule has 1 aromatic heterocycles. The Morgan fingerprint density at radius 1 is 1.07 bits per heavy atom. The number of rotatable bonds is 3. The second-order valence-corrected chi connectivity index (χ2v) is 8.47. The van der Waals surface area contributed by atoms with Crippen LogP contribution in [0.1, 0.15) is 35.4 Å². The Labute approximate surface area is 166 Å². The summed E-state index contributed by atoms with van der Waals surface area (Å²) in [5.41, 5.74) is 5.68. The summed E-state index contributed by atoms with van der Waals surface area (Å²) in [5.74, 6) is 1.08. The average molecular weight is 374 g/mol. The van der Waals surface area contributed by atoms with Gasteiger partial charge in [0.15, 0.2) is 0 Å². The number of likely N-dealkylation sites (tertiary alicyclic amines) is 1. The predicted octanol–water partition coefficient (Wildman–Crippen LogP) is 3.16. The van der Waals surface area contributed by atoms with Crippen molar-refractivity contribution in [3.8, 4) is 0 Å². The van der Waals surface area contributed by atoms with Crippen molar-refractivity contribution in [1.29, 1.82) is 0 Å². The molecular formula is C23H26N4O. The summed E-state index contributed by atoms with van der Waals surface area (Å²) < 4.78 is 0. The van der Waals surface area contributed by atoms with Gasteiger partial charge in [-0.25, -0.2) is 9.97 Å².